The molecule has 112 valence electrons. The summed E-state index contributed by atoms with van der Waals surface area (Å²) in [4.78, 5) is 20.4. The van der Waals surface area contributed by atoms with Gasteiger partial charge in [0.2, 0.25) is 5.91 Å². The molecular weight excluding hydrogens is 274 g/mol. The first-order chi connectivity index (χ1) is 10.8. The highest BCUT2D eigenvalue weighted by Crippen LogP contribution is 2.15. The van der Waals surface area contributed by atoms with Crippen LogP contribution in [0.25, 0.3) is 6.08 Å². The molecule has 1 amide bonds. The Balaban J connectivity index is 1.55. The number of para-hydroxylation sites is 1. The van der Waals surface area contributed by atoms with Crippen LogP contribution in [-0.4, -0.2) is 42.0 Å². The largest absolute Gasteiger partial charge is 0.368 e. The molecule has 22 heavy (non-hydrogen) atoms. The third kappa shape index (κ3) is 3.52. The number of carbonyl (C=O) groups is 1. The quantitative estimate of drug-likeness (QED) is 0.816. The number of hydrogen-bond donors (Lipinski definition) is 0. The molecule has 1 saturated heterocycles. The van der Waals surface area contributed by atoms with Gasteiger partial charge in [0, 0.05) is 50.3 Å². The number of hydrogen-bond acceptors (Lipinski definition) is 3. The SMILES string of the molecule is O=C(/C=C/c1ccncc1)N1CCN(c2ccccc2)CC1. The summed E-state index contributed by atoms with van der Waals surface area (Å²) in [6.45, 7) is 3.26. The average molecular weight is 293 g/mol. The molecule has 1 aromatic heterocycles. The maximum absolute atomic E-state index is 12.2. The standard InChI is InChI=1S/C18H19N3O/c22-18(7-6-16-8-10-19-11-9-16)21-14-12-20(13-15-21)17-4-2-1-3-5-17/h1-11H,12-15H2/b7-6+. The van der Waals surface area contributed by atoms with Gasteiger partial charge in [0.15, 0.2) is 0 Å². The van der Waals surface area contributed by atoms with Crippen molar-refractivity contribution in [3.63, 3.8) is 0 Å². The smallest absolute Gasteiger partial charge is 0.246 e. The minimum atomic E-state index is 0.0736. The number of piperazine rings is 1. The van der Waals surface area contributed by atoms with Crippen LogP contribution in [0, 0.1) is 0 Å². The van der Waals surface area contributed by atoms with Crippen LogP contribution in [0.4, 0.5) is 5.69 Å². The number of carbonyl (C=O) groups excluding carboxylic acids is 1. The molecule has 2 heterocycles. The Hall–Kier alpha value is -2.62. The first kappa shape index (κ1) is 14.3. The van der Waals surface area contributed by atoms with Crippen LogP contribution in [0.3, 0.4) is 0 Å². The molecule has 0 radical (unpaired) electrons. The second kappa shape index (κ2) is 6.89. The third-order valence-corrected chi connectivity index (χ3v) is 3.84. The van der Waals surface area contributed by atoms with Crippen molar-refractivity contribution in [3.8, 4) is 0 Å². The van der Waals surface area contributed by atoms with Crippen LogP contribution in [0.15, 0.2) is 60.9 Å². The Morgan fingerprint density at radius 3 is 2.32 bits per heavy atom. The molecule has 0 unspecified atom stereocenters. The van der Waals surface area contributed by atoms with E-state index in [1.807, 2.05) is 41.3 Å². The predicted octanol–water partition coefficient (Wildman–Crippen LogP) is 2.44. The fourth-order valence-electron chi connectivity index (χ4n) is 2.57. The first-order valence-corrected chi connectivity index (χ1v) is 7.50. The summed E-state index contributed by atoms with van der Waals surface area (Å²) in [6.07, 6.45) is 6.94. The van der Waals surface area contributed by atoms with Gasteiger partial charge in [0.1, 0.15) is 0 Å². The monoisotopic (exact) mass is 293 g/mol. The highest BCUT2D eigenvalue weighted by atomic mass is 16.2. The van der Waals surface area contributed by atoms with Crippen molar-refractivity contribution < 1.29 is 4.79 Å². The molecule has 1 aliphatic rings. The Morgan fingerprint density at radius 1 is 0.955 bits per heavy atom. The molecule has 4 nitrogen and oxygen atoms in total. The van der Waals surface area contributed by atoms with Gasteiger partial charge < -0.3 is 9.80 Å². The first-order valence-electron chi connectivity index (χ1n) is 7.50. The number of pyridine rings is 1. The van der Waals surface area contributed by atoms with Gasteiger partial charge in [-0.15, -0.1) is 0 Å². The van der Waals surface area contributed by atoms with E-state index in [4.69, 9.17) is 0 Å². The Morgan fingerprint density at radius 2 is 1.64 bits per heavy atom. The number of nitrogens with zero attached hydrogens (tertiary/aromatic N) is 3. The molecular formula is C18H19N3O. The molecule has 1 aromatic carbocycles. The second-order valence-corrected chi connectivity index (χ2v) is 5.26. The van der Waals surface area contributed by atoms with Gasteiger partial charge in [0.25, 0.3) is 0 Å². The van der Waals surface area contributed by atoms with E-state index in [1.165, 1.54) is 5.69 Å². The minimum absolute atomic E-state index is 0.0736. The van der Waals surface area contributed by atoms with Gasteiger partial charge in [-0.3, -0.25) is 9.78 Å². The Bertz CT molecular complexity index is 632. The lowest BCUT2D eigenvalue weighted by Gasteiger charge is -2.35. The zero-order valence-corrected chi connectivity index (χ0v) is 12.4. The summed E-state index contributed by atoms with van der Waals surface area (Å²) in [5.41, 5.74) is 2.22. The summed E-state index contributed by atoms with van der Waals surface area (Å²) in [5, 5.41) is 0. The third-order valence-electron chi connectivity index (χ3n) is 3.84. The zero-order chi connectivity index (χ0) is 15.2. The number of aromatic nitrogens is 1. The second-order valence-electron chi connectivity index (χ2n) is 5.26. The zero-order valence-electron chi connectivity index (χ0n) is 12.4. The maximum Gasteiger partial charge on any atom is 0.246 e. The molecule has 0 bridgehead atoms. The molecule has 0 aliphatic carbocycles. The van der Waals surface area contributed by atoms with Crippen LogP contribution in [0.5, 0.6) is 0 Å². The van der Waals surface area contributed by atoms with E-state index in [2.05, 4.69) is 22.0 Å². The van der Waals surface area contributed by atoms with Crippen LogP contribution < -0.4 is 4.90 Å². The van der Waals surface area contributed by atoms with E-state index in [9.17, 15) is 4.79 Å². The van der Waals surface area contributed by atoms with Crippen molar-refractivity contribution in [1.82, 2.24) is 9.88 Å². The summed E-state index contributed by atoms with van der Waals surface area (Å²) in [7, 11) is 0. The lowest BCUT2D eigenvalue weighted by Crippen LogP contribution is -2.48. The highest BCUT2D eigenvalue weighted by molar-refractivity contribution is 5.91. The summed E-state index contributed by atoms with van der Waals surface area (Å²) in [5.74, 6) is 0.0736. The Labute approximate surface area is 130 Å². The average Bonchev–Trinajstić information content (AvgIpc) is 2.61. The van der Waals surface area contributed by atoms with Crippen LogP contribution in [-0.2, 0) is 4.79 Å². The number of rotatable bonds is 3. The molecule has 0 spiro atoms. The van der Waals surface area contributed by atoms with Crippen LogP contribution in [0.1, 0.15) is 5.56 Å². The van der Waals surface area contributed by atoms with E-state index in [1.54, 1.807) is 18.5 Å². The van der Waals surface area contributed by atoms with E-state index in [0.29, 0.717) is 0 Å². The summed E-state index contributed by atoms with van der Waals surface area (Å²) in [6, 6.07) is 14.1. The van der Waals surface area contributed by atoms with Crippen molar-refractivity contribution in [2.24, 2.45) is 0 Å². The fourth-order valence-corrected chi connectivity index (χ4v) is 2.57. The van der Waals surface area contributed by atoms with Gasteiger partial charge in [0.05, 0.1) is 0 Å². The van der Waals surface area contributed by atoms with Gasteiger partial charge in [-0.2, -0.15) is 0 Å². The van der Waals surface area contributed by atoms with E-state index in [-0.39, 0.29) is 5.91 Å². The van der Waals surface area contributed by atoms with Gasteiger partial charge in [-0.1, -0.05) is 18.2 Å². The normalized spacial score (nSPS) is 15.3. The van der Waals surface area contributed by atoms with Crippen LogP contribution >= 0.6 is 0 Å². The number of amides is 1. The van der Waals surface area contributed by atoms with Crippen LogP contribution in [0.2, 0.25) is 0 Å². The van der Waals surface area contributed by atoms with Crippen molar-refractivity contribution in [1.29, 1.82) is 0 Å². The van der Waals surface area contributed by atoms with Crippen molar-refractivity contribution in [2.75, 3.05) is 31.1 Å². The molecule has 1 fully saturated rings. The topological polar surface area (TPSA) is 36.4 Å². The minimum Gasteiger partial charge on any atom is -0.368 e. The Kier molecular flexibility index (Phi) is 4.49. The molecule has 0 atom stereocenters. The van der Waals surface area contributed by atoms with Crippen molar-refractivity contribution in [2.45, 2.75) is 0 Å². The lowest BCUT2D eigenvalue weighted by atomic mass is 10.2. The number of benzene rings is 1. The van der Waals surface area contributed by atoms with E-state index in [0.717, 1.165) is 31.7 Å². The molecule has 3 rings (SSSR count). The van der Waals surface area contributed by atoms with Gasteiger partial charge in [-0.25, -0.2) is 0 Å². The molecule has 0 N–H and O–H groups in total. The number of anilines is 1. The lowest BCUT2D eigenvalue weighted by molar-refractivity contribution is -0.126. The van der Waals surface area contributed by atoms with Gasteiger partial charge >= 0.3 is 0 Å². The fraction of sp³-hybridized carbons (Fsp3) is 0.222. The van der Waals surface area contributed by atoms with Crippen molar-refractivity contribution in [3.05, 3.63) is 66.5 Å². The predicted molar refractivity (Wildman–Crippen MR) is 88.5 cm³/mol. The highest BCUT2D eigenvalue weighted by Gasteiger charge is 2.19. The molecule has 4 heteroatoms. The maximum atomic E-state index is 12.2. The summed E-state index contributed by atoms with van der Waals surface area (Å²) >= 11 is 0. The summed E-state index contributed by atoms with van der Waals surface area (Å²) < 4.78 is 0. The molecule has 0 saturated carbocycles. The van der Waals surface area contributed by atoms with E-state index < -0.39 is 0 Å². The molecule has 2 aromatic rings. The molecule has 1 aliphatic heterocycles. The van der Waals surface area contributed by atoms with Crippen molar-refractivity contribution >= 4 is 17.7 Å². The van der Waals surface area contributed by atoms with E-state index >= 15 is 0 Å². The van der Waals surface area contributed by atoms with Gasteiger partial charge in [-0.05, 0) is 35.9 Å².